The summed E-state index contributed by atoms with van der Waals surface area (Å²) in [6.07, 6.45) is -3.33. The number of aromatic amines is 1. The lowest BCUT2D eigenvalue weighted by Crippen LogP contribution is -2.25. The highest BCUT2D eigenvalue weighted by Gasteiger charge is 2.38. The van der Waals surface area contributed by atoms with Gasteiger partial charge in [-0.05, 0) is 24.6 Å². The first-order chi connectivity index (χ1) is 12.6. The summed E-state index contributed by atoms with van der Waals surface area (Å²) >= 11 is 0. The molecular formula is C15H15F4N3O5. The van der Waals surface area contributed by atoms with Gasteiger partial charge in [-0.1, -0.05) is 18.5 Å². The normalized spacial score (nSPS) is 10.7. The van der Waals surface area contributed by atoms with Crippen molar-refractivity contribution in [3.63, 3.8) is 0 Å². The summed E-state index contributed by atoms with van der Waals surface area (Å²) in [7, 11) is 0. The summed E-state index contributed by atoms with van der Waals surface area (Å²) in [5.74, 6) is -4.44. The summed E-state index contributed by atoms with van der Waals surface area (Å²) in [5.41, 5.74) is 0.306. The molecule has 0 aliphatic rings. The van der Waals surface area contributed by atoms with E-state index in [9.17, 15) is 27.2 Å². The van der Waals surface area contributed by atoms with E-state index in [1.54, 1.807) is 0 Å². The maximum atomic E-state index is 13.7. The van der Waals surface area contributed by atoms with Crippen LogP contribution in [0.4, 0.5) is 17.6 Å². The molecular weight excluding hydrogens is 378 g/mol. The van der Waals surface area contributed by atoms with Crippen molar-refractivity contribution in [3.05, 3.63) is 40.1 Å². The highest BCUT2D eigenvalue weighted by atomic mass is 19.4. The minimum absolute atomic E-state index is 0.0950. The van der Waals surface area contributed by atoms with Crippen molar-refractivity contribution in [1.82, 2.24) is 15.5 Å². The molecule has 0 unspecified atom stereocenters. The van der Waals surface area contributed by atoms with Gasteiger partial charge in [0.2, 0.25) is 0 Å². The van der Waals surface area contributed by atoms with Crippen LogP contribution in [0.1, 0.15) is 30.1 Å². The number of carbonyl (C=O) groups excluding carboxylic acids is 1. The number of aromatic nitrogens is 2. The third kappa shape index (κ3) is 6.92. The smallest absolute Gasteiger partial charge is 0.475 e. The van der Waals surface area contributed by atoms with E-state index in [2.05, 4.69) is 20.0 Å². The quantitative estimate of drug-likeness (QED) is 0.529. The molecule has 0 fully saturated rings. The van der Waals surface area contributed by atoms with Gasteiger partial charge in [0, 0.05) is 12.1 Å². The second-order valence-electron chi connectivity index (χ2n) is 5.05. The molecule has 3 N–H and O–H groups in total. The van der Waals surface area contributed by atoms with Crippen LogP contribution < -0.4 is 11.1 Å². The number of amides is 1. The molecule has 1 aromatic carbocycles. The molecule has 0 bridgehead atoms. The van der Waals surface area contributed by atoms with E-state index in [0.29, 0.717) is 12.1 Å². The Hall–Kier alpha value is -3.18. The van der Waals surface area contributed by atoms with Crippen LogP contribution in [-0.4, -0.2) is 39.8 Å². The molecule has 0 atom stereocenters. The Labute approximate surface area is 149 Å². The standard InChI is InChI=1S/C13H14FN3O3.C2HF3O2/c1-2-3-6-15-12(18)9-7-8(4-5-10(9)14)11-16-13(19)20-17-11;3-2(4,5)1(6)7/h4-5,7H,2-3,6H2,1H3,(H,15,18)(H,16,17,19);(H,6,7). The number of carboxylic acids is 1. The zero-order chi connectivity index (χ0) is 20.6. The maximum Gasteiger partial charge on any atom is 0.490 e. The van der Waals surface area contributed by atoms with E-state index in [4.69, 9.17) is 9.90 Å². The summed E-state index contributed by atoms with van der Waals surface area (Å²) < 4.78 is 49.8. The molecule has 27 heavy (non-hydrogen) atoms. The van der Waals surface area contributed by atoms with Gasteiger partial charge in [-0.15, -0.1) is 0 Å². The van der Waals surface area contributed by atoms with Gasteiger partial charge in [-0.25, -0.2) is 14.0 Å². The molecule has 8 nitrogen and oxygen atoms in total. The molecule has 0 radical (unpaired) electrons. The number of carbonyl (C=O) groups is 2. The van der Waals surface area contributed by atoms with Crippen molar-refractivity contribution in [2.75, 3.05) is 6.54 Å². The first kappa shape index (κ1) is 21.9. The molecule has 0 spiro atoms. The molecule has 2 aromatic rings. The van der Waals surface area contributed by atoms with Crippen LogP contribution in [0.5, 0.6) is 0 Å². The Morgan fingerprint density at radius 1 is 1.33 bits per heavy atom. The Morgan fingerprint density at radius 2 is 1.96 bits per heavy atom. The van der Waals surface area contributed by atoms with E-state index in [0.717, 1.165) is 18.9 Å². The first-order valence-electron chi connectivity index (χ1n) is 7.50. The minimum atomic E-state index is -5.08. The van der Waals surface area contributed by atoms with Gasteiger partial charge in [-0.3, -0.25) is 14.3 Å². The van der Waals surface area contributed by atoms with E-state index in [1.165, 1.54) is 12.1 Å². The lowest BCUT2D eigenvalue weighted by atomic mass is 10.1. The molecule has 0 saturated carbocycles. The average Bonchev–Trinajstić information content (AvgIpc) is 3.01. The average molecular weight is 393 g/mol. The fourth-order valence-electron chi connectivity index (χ4n) is 1.67. The number of hydrogen-bond donors (Lipinski definition) is 3. The molecule has 1 aromatic heterocycles. The molecule has 1 heterocycles. The van der Waals surface area contributed by atoms with Crippen molar-refractivity contribution < 1.29 is 36.8 Å². The predicted octanol–water partition coefficient (Wildman–Crippen LogP) is 2.33. The molecule has 0 aliphatic heterocycles. The SMILES string of the molecule is CCCCNC(=O)c1cc(-c2noc(=O)[nH]2)ccc1F.O=C(O)C(F)(F)F. The Morgan fingerprint density at radius 3 is 2.44 bits per heavy atom. The second kappa shape index (κ2) is 9.50. The number of carboxylic acid groups (broad SMARTS) is 1. The van der Waals surface area contributed by atoms with Crippen LogP contribution in [0.25, 0.3) is 11.4 Å². The highest BCUT2D eigenvalue weighted by Crippen LogP contribution is 2.18. The minimum Gasteiger partial charge on any atom is -0.475 e. The number of alkyl halides is 3. The van der Waals surface area contributed by atoms with Gasteiger partial charge in [-0.2, -0.15) is 13.2 Å². The third-order valence-corrected chi connectivity index (χ3v) is 2.98. The van der Waals surface area contributed by atoms with Crippen LogP contribution in [-0.2, 0) is 4.79 Å². The van der Waals surface area contributed by atoms with Crippen molar-refractivity contribution in [2.24, 2.45) is 0 Å². The van der Waals surface area contributed by atoms with Crippen LogP contribution in [0, 0.1) is 5.82 Å². The second-order valence-corrected chi connectivity index (χ2v) is 5.05. The van der Waals surface area contributed by atoms with Crippen molar-refractivity contribution >= 4 is 11.9 Å². The molecule has 0 saturated heterocycles. The highest BCUT2D eigenvalue weighted by molar-refractivity contribution is 5.95. The summed E-state index contributed by atoms with van der Waals surface area (Å²) in [6.45, 7) is 2.48. The largest absolute Gasteiger partial charge is 0.490 e. The third-order valence-electron chi connectivity index (χ3n) is 2.98. The van der Waals surface area contributed by atoms with Crippen LogP contribution in [0.3, 0.4) is 0 Å². The predicted molar refractivity (Wildman–Crippen MR) is 83.4 cm³/mol. The van der Waals surface area contributed by atoms with Gasteiger partial charge in [0.15, 0.2) is 5.82 Å². The van der Waals surface area contributed by atoms with Gasteiger partial charge >= 0.3 is 17.9 Å². The number of nitrogens with one attached hydrogen (secondary N) is 2. The van der Waals surface area contributed by atoms with Gasteiger partial charge in [0.1, 0.15) is 5.82 Å². The number of halogens is 4. The van der Waals surface area contributed by atoms with E-state index in [-0.39, 0.29) is 11.4 Å². The number of hydrogen-bond acceptors (Lipinski definition) is 5. The topological polar surface area (TPSA) is 125 Å². The summed E-state index contributed by atoms with van der Waals surface area (Å²) in [4.78, 5) is 34.0. The lowest BCUT2D eigenvalue weighted by molar-refractivity contribution is -0.192. The zero-order valence-corrected chi connectivity index (χ0v) is 13.9. The fraction of sp³-hybridized carbons (Fsp3) is 0.333. The number of unbranched alkanes of at least 4 members (excludes halogenated alkanes) is 1. The Balaban J connectivity index is 0.000000445. The summed E-state index contributed by atoms with van der Waals surface area (Å²) in [6, 6.07) is 3.88. The Kier molecular flexibility index (Phi) is 7.69. The van der Waals surface area contributed by atoms with Crippen molar-refractivity contribution in [3.8, 4) is 11.4 Å². The van der Waals surface area contributed by atoms with Crippen LogP contribution in [0.2, 0.25) is 0 Å². The monoisotopic (exact) mass is 393 g/mol. The summed E-state index contributed by atoms with van der Waals surface area (Å²) in [5, 5.41) is 13.2. The number of aliphatic carboxylic acids is 1. The van der Waals surface area contributed by atoms with E-state index < -0.39 is 29.6 Å². The van der Waals surface area contributed by atoms with Crippen LogP contribution >= 0.6 is 0 Å². The Bertz CT molecular complexity index is 844. The van der Waals surface area contributed by atoms with E-state index >= 15 is 0 Å². The maximum absolute atomic E-state index is 13.7. The van der Waals surface area contributed by atoms with Gasteiger partial charge in [0.05, 0.1) is 5.56 Å². The molecule has 2 rings (SSSR count). The zero-order valence-electron chi connectivity index (χ0n) is 13.9. The van der Waals surface area contributed by atoms with Crippen LogP contribution in [0.15, 0.2) is 27.5 Å². The molecule has 12 heteroatoms. The number of benzene rings is 1. The molecule has 1 amide bonds. The van der Waals surface area contributed by atoms with Crippen molar-refractivity contribution in [2.45, 2.75) is 25.9 Å². The number of nitrogens with zero attached hydrogens (tertiary/aromatic N) is 1. The van der Waals surface area contributed by atoms with Gasteiger partial charge in [0.25, 0.3) is 5.91 Å². The van der Waals surface area contributed by atoms with E-state index in [1.807, 2.05) is 6.92 Å². The molecule has 0 aliphatic carbocycles. The fourth-order valence-corrected chi connectivity index (χ4v) is 1.67. The number of rotatable bonds is 5. The van der Waals surface area contributed by atoms with Gasteiger partial charge < -0.3 is 10.4 Å². The lowest BCUT2D eigenvalue weighted by Gasteiger charge is -2.06. The molecule has 148 valence electrons. The first-order valence-corrected chi connectivity index (χ1v) is 7.50. The van der Waals surface area contributed by atoms with Crippen molar-refractivity contribution in [1.29, 1.82) is 0 Å². The number of H-pyrrole nitrogens is 1.